The minimum Gasteiger partial charge on any atom is -0.271 e. The highest BCUT2D eigenvalue weighted by Gasteiger charge is 2.35. The van der Waals surface area contributed by atoms with Crippen molar-refractivity contribution in [3.05, 3.63) is 0 Å². The van der Waals surface area contributed by atoms with Crippen LogP contribution in [-0.4, -0.2) is 23.1 Å². The van der Waals surface area contributed by atoms with Crippen LogP contribution in [0.1, 0.15) is 59.8 Å². The maximum atomic E-state index is 4.51. The second-order valence-corrected chi connectivity index (χ2v) is 6.33. The third-order valence-corrected chi connectivity index (χ3v) is 4.47. The normalized spacial score (nSPS) is 34.0. The zero-order chi connectivity index (χ0) is 12.4. The molecule has 0 radical (unpaired) electrons. The summed E-state index contributed by atoms with van der Waals surface area (Å²) in [4.78, 5) is 0. The highest BCUT2D eigenvalue weighted by Crippen LogP contribution is 2.34. The van der Waals surface area contributed by atoms with E-state index < -0.39 is 0 Å². The Morgan fingerprint density at radius 1 is 1.00 bits per heavy atom. The van der Waals surface area contributed by atoms with Gasteiger partial charge in [0, 0.05) is 6.04 Å². The largest absolute Gasteiger partial charge is 0.271 e. The number of nitrogens with zero attached hydrogens (tertiary/aromatic N) is 3. The van der Waals surface area contributed by atoms with Crippen LogP contribution >= 0.6 is 0 Å². The summed E-state index contributed by atoms with van der Waals surface area (Å²) < 4.78 is 0. The maximum Gasteiger partial charge on any atom is 0.0949 e. The van der Waals surface area contributed by atoms with Crippen molar-refractivity contribution < 1.29 is 0 Å². The van der Waals surface area contributed by atoms with E-state index in [1.165, 1.54) is 32.1 Å². The van der Waals surface area contributed by atoms with E-state index in [2.05, 4.69) is 43.0 Å². The van der Waals surface area contributed by atoms with Crippen molar-refractivity contribution >= 4 is 0 Å². The molecule has 0 aromatic rings. The van der Waals surface area contributed by atoms with Crippen molar-refractivity contribution in [2.75, 3.05) is 0 Å². The number of hydrogen-bond acceptors (Lipinski definition) is 3. The minimum absolute atomic E-state index is 0.471. The zero-order valence-corrected chi connectivity index (χ0v) is 11.8. The van der Waals surface area contributed by atoms with Gasteiger partial charge in [0.05, 0.1) is 12.1 Å². The fourth-order valence-corrected chi connectivity index (χ4v) is 3.29. The van der Waals surface area contributed by atoms with Crippen molar-refractivity contribution in [3.63, 3.8) is 0 Å². The molecule has 0 bridgehead atoms. The van der Waals surface area contributed by atoms with Gasteiger partial charge >= 0.3 is 0 Å². The molecule has 3 heteroatoms. The fourth-order valence-electron chi connectivity index (χ4n) is 3.29. The molecule has 0 aromatic heterocycles. The number of fused-ring (bicyclic) bond motifs is 1. The highest BCUT2D eigenvalue weighted by atomic mass is 15.6. The molecule has 1 saturated carbocycles. The second-order valence-electron chi connectivity index (χ2n) is 6.33. The van der Waals surface area contributed by atoms with Crippen LogP contribution in [0.2, 0.25) is 0 Å². The lowest BCUT2D eigenvalue weighted by Crippen LogP contribution is -2.40. The van der Waals surface area contributed by atoms with E-state index in [9.17, 15) is 0 Å². The molecule has 3 atom stereocenters. The van der Waals surface area contributed by atoms with Gasteiger partial charge in [0.1, 0.15) is 0 Å². The minimum atomic E-state index is 0.471. The van der Waals surface area contributed by atoms with Gasteiger partial charge in [0.25, 0.3) is 0 Å². The Bertz CT molecular complexity index is 273. The third-order valence-electron chi connectivity index (χ3n) is 4.47. The molecular formula is C14H27N3. The molecule has 1 heterocycles. The lowest BCUT2D eigenvalue weighted by Gasteiger charge is -2.32. The monoisotopic (exact) mass is 237 g/mol. The first-order valence-corrected chi connectivity index (χ1v) is 7.28. The Morgan fingerprint density at radius 3 is 2.41 bits per heavy atom. The van der Waals surface area contributed by atoms with Crippen LogP contribution in [0.4, 0.5) is 0 Å². The Kier molecular flexibility index (Phi) is 4.05. The molecule has 1 fully saturated rings. The molecule has 1 aliphatic carbocycles. The highest BCUT2D eigenvalue weighted by molar-refractivity contribution is 4.90. The Labute approximate surface area is 106 Å². The van der Waals surface area contributed by atoms with Gasteiger partial charge in [-0.3, -0.25) is 5.01 Å². The molecule has 3 nitrogen and oxygen atoms in total. The van der Waals surface area contributed by atoms with E-state index in [0.717, 1.165) is 11.8 Å². The molecule has 98 valence electrons. The van der Waals surface area contributed by atoms with Gasteiger partial charge in [0.15, 0.2) is 0 Å². The van der Waals surface area contributed by atoms with Crippen molar-refractivity contribution in [1.82, 2.24) is 5.01 Å². The summed E-state index contributed by atoms with van der Waals surface area (Å²) in [5.74, 6) is 1.73. The first-order chi connectivity index (χ1) is 8.09. The molecule has 3 unspecified atom stereocenters. The second kappa shape index (κ2) is 5.36. The molecular weight excluding hydrogens is 210 g/mol. The lowest BCUT2D eigenvalue weighted by molar-refractivity contribution is 0.144. The third kappa shape index (κ3) is 2.80. The van der Waals surface area contributed by atoms with Crippen molar-refractivity contribution in [2.24, 2.45) is 22.2 Å². The van der Waals surface area contributed by atoms with Crippen molar-refractivity contribution in [2.45, 2.75) is 77.9 Å². The molecule has 2 aliphatic rings. The topological polar surface area (TPSA) is 28.0 Å². The summed E-state index contributed by atoms with van der Waals surface area (Å²) >= 11 is 0. The van der Waals surface area contributed by atoms with Gasteiger partial charge in [-0.05, 0) is 44.9 Å². The summed E-state index contributed by atoms with van der Waals surface area (Å²) in [6.45, 7) is 9.16. The van der Waals surface area contributed by atoms with E-state index in [0.29, 0.717) is 18.1 Å². The van der Waals surface area contributed by atoms with Crippen LogP contribution in [0, 0.1) is 11.8 Å². The van der Waals surface area contributed by atoms with Crippen LogP contribution in [0.25, 0.3) is 0 Å². The SMILES string of the molecule is CC(C)C1CCCC2C(CC1)N=NN2C(C)C. The predicted molar refractivity (Wildman–Crippen MR) is 70.8 cm³/mol. The number of rotatable bonds is 2. The first kappa shape index (κ1) is 12.8. The fraction of sp³-hybridized carbons (Fsp3) is 1.00. The molecule has 0 spiro atoms. The summed E-state index contributed by atoms with van der Waals surface area (Å²) in [6, 6.07) is 1.55. The zero-order valence-electron chi connectivity index (χ0n) is 11.8. The first-order valence-electron chi connectivity index (χ1n) is 7.28. The van der Waals surface area contributed by atoms with E-state index in [1.807, 2.05) is 0 Å². The standard InChI is InChI=1S/C14H27N3/c1-10(2)12-6-5-7-14-13(9-8-12)15-16-17(14)11(3)4/h10-14H,5-9H2,1-4H3. The Balaban J connectivity index is 1.98. The molecule has 1 aliphatic heterocycles. The van der Waals surface area contributed by atoms with Crippen molar-refractivity contribution in [3.8, 4) is 0 Å². The molecule has 0 aromatic carbocycles. The average Bonchev–Trinajstić information content (AvgIpc) is 2.59. The lowest BCUT2D eigenvalue weighted by atomic mass is 9.81. The van der Waals surface area contributed by atoms with Gasteiger partial charge in [0.2, 0.25) is 0 Å². The molecule has 0 N–H and O–H groups in total. The molecule has 0 saturated heterocycles. The maximum absolute atomic E-state index is 4.51. The Hall–Kier alpha value is -0.600. The van der Waals surface area contributed by atoms with Gasteiger partial charge in [-0.2, -0.15) is 5.11 Å². The van der Waals surface area contributed by atoms with E-state index >= 15 is 0 Å². The summed E-state index contributed by atoms with van der Waals surface area (Å²) in [6.07, 6.45) is 6.59. The summed E-state index contributed by atoms with van der Waals surface area (Å²) in [7, 11) is 0. The molecule has 2 rings (SSSR count). The predicted octanol–water partition coefficient (Wildman–Crippen LogP) is 4.05. The van der Waals surface area contributed by atoms with Crippen LogP contribution in [0.3, 0.4) is 0 Å². The number of hydrogen-bond donors (Lipinski definition) is 0. The Morgan fingerprint density at radius 2 is 1.76 bits per heavy atom. The quantitative estimate of drug-likeness (QED) is 0.712. The van der Waals surface area contributed by atoms with Gasteiger partial charge in [-0.25, -0.2) is 0 Å². The van der Waals surface area contributed by atoms with Gasteiger partial charge in [-0.15, -0.1) is 0 Å². The molecule has 17 heavy (non-hydrogen) atoms. The van der Waals surface area contributed by atoms with E-state index in [-0.39, 0.29) is 0 Å². The average molecular weight is 237 g/mol. The van der Waals surface area contributed by atoms with Crippen LogP contribution in [0.15, 0.2) is 10.3 Å². The van der Waals surface area contributed by atoms with Gasteiger partial charge in [-0.1, -0.05) is 31.9 Å². The van der Waals surface area contributed by atoms with E-state index in [1.54, 1.807) is 0 Å². The summed E-state index contributed by atoms with van der Waals surface area (Å²) in [5, 5.41) is 11.1. The van der Waals surface area contributed by atoms with Gasteiger partial charge < -0.3 is 0 Å². The summed E-state index contributed by atoms with van der Waals surface area (Å²) in [5.41, 5.74) is 0. The van der Waals surface area contributed by atoms with Crippen molar-refractivity contribution in [1.29, 1.82) is 0 Å². The smallest absolute Gasteiger partial charge is 0.0949 e. The van der Waals surface area contributed by atoms with Crippen LogP contribution in [0.5, 0.6) is 0 Å². The molecule has 0 amide bonds. The van der Waals surface area contributed by atoms with E-state index in [4.69, 9.17) is 0 Å². The van der Waals surface area contributed by atoms with Crippen LogP contribution < -0.4 is 0 Å². The van der Waals surface area contributed by atoms with Crippen LogP contribution in [-0.2, 0) is 0 Å².